The second-order valence-electron chi connectivity index (χ2n) is 1.16. The molecule has 0 amide bonds. The lowest BCUT2D eigenvalue weighted by molar-refractivity contribution is -0.275. The number of hydrogen-bond donors (Lipinski definition) is 0. The van der Waals surface area contributed by atoms with Crippen LogP contribution in [0.3, 0.4) is 0 Å². The van der Waals surface area contributed by atoms with E-state index in [0.717, 1.165) is 19.1 Å². The van der Waals surface area contributed by atoms with E-state index in [4.69, 9.17) is 0 Å². The van der Waals surface area contributed by atoms with Gasteiger partial charge in [0.15, 0.2) is 0 Å². The van der Waals surface area contributed by atoms with Crippen LogP contribution in [-0.4, -0.2) is 0 Å². The van der Waals surface area contributed by atoms with E-state index in [2.05, 4.69) is 0 Å². The molecule has 6 heavy (non-hydrogen) atoms. The topological polar surface area (TPSA) is 23.1 Å². The molecule has 0 rings (SSSR count). The van der Waals surface area contributed by atoms with E-state index < -0.39 is 0 Å². The second kappa shape index (κ2) is 4.54. The summed E-state index contributed by atoms with van der Waals surface area (Å²) in [5.41, 5.74) is 0. The van der Waals surface area contributed by atoms with Gasteiger partial charge in [0.25, 0.3) is 0 Å². The van der Waals surface area contributed by atoms with E-state index in [1.165, 1.54) is 0 Å². The zero-order chi connectivity index (χ0) is 4.83. The molecule has 0 aliphatic rings. The summed E-state index contributed by atoms with van der Waals surface area (Å²) in [6.07, 6.45) is 4.45. The fraction of sp³-hybridized carbons (Fsp3) is 0.600. The first-order valence-electron chi connectivity index (χ1n) is 2.18. The van der Waals surface area contributed by atoms with Gasteiger partial charge in [-0.05, 0) is 6.42 Å². The largest absolute Gasteiger partial charge is 0.878 e. The van der Waals surface area contributed by atoms with Crippen LogP contribution in [-0.2, 0) is 0 Å². The minimum Gasteiger partial charge on any atom is -0.878 e. The maximum absolute atomic E-state index is 9.51. The second-order valence-corrected chi connectivity index (χ2v) is 1.16. The molecule has 0 aromatic rings. The maximum atomic E-state index is 9.51. The van der Waals surface area contributed by atoms with Crippen LogP contribution in [0.4, 0.5) is 0 Å². The van der Waals surface area contributed by atoms with E-state index >= 15 is 0 Å². The first-order chi connectivity index (χ1) is 2.91. The Kier molecular flexibility index (Phi) is 4.19. The maximum Gasteiger partial charge on any atom is -0.0362 e. The van der Waals surface area contributed by atoms with E-state index in [1.807, 2.05) is 6.92 Å². The molecule has 0 aliphatic heterocycles. The highest BCUT2D eigenvalue weighted by atomic mass is 16.2. The van der Waals surface area contributed by atoms with Crippen LogP contribution in [0.15, 0.2) is 12.3 Å². The fourth-order valence-corrected chi connectivity index (χ4v) is 0.235. The van der Waals surface area contributed by atoms with Gasteiger partial charge in [-0.15, -0.1) is 0 Å². The molecule has 0 saturated carbocycles. The highest BCUT2D eigenvalue weighted by Crippen LogP contribution is 1.83. The Morgan fingerprint density at radius 1 is 1.67 bits per heavy atom. The number of rotatable bonds is 2. The van der Waals surface area contributed by atoms with Gasteiger partial charge in [-0.1, -0.05) is 19.4 Å². The van der Waals surface area contributed by atoms with Gasteiger partial charge in [-0.25, -0.2) is 0 Å². The highest BCUT2D eigenvalue weighted by Gasteiger charge is 1.62. The third-order valence-electron chi connectivity index (χ3n) is 0.552. The molecule has 0 aromatic heterocycles. The van der Waals surface area contributed by atoms with Crippen LogP contribution in [0.5, 0.6) is 0 Å². The van der Waals surface area contributed by atoms with Gasteiger partial charge >= 0.3 is 0 Å². The van der Waals surface area contributed by atoms with E-state index in [0.29, 0.717) is 0 Å². The van der Waals surface area contributed by atoms with E-state index in [-0.39, 0.29) is 0 Å². The van der Waals surface area contributed by atoms with E-state index in [1.54, 1.807) is 6.08 Å². The molecule has 0 aromatic carbocycles. The lowest BCUT2D eigenvalue weighted by atomic mass is 10.3. The molecule has 0 fully saturated rings. The molecule has 0 N–H and O–H groups in total. The first kappa shape index (κ1) is 5.54. The summed E-state index contributed by atoms with van der Waals surface area (Å²) < 4.78 is 0. The van der Waals surface area contributed by atoms with Crippen molar-refractivity contribution >= 4 is 0 Å². The monoisotopic (exact) mass is 85.1 g/mol. The van der Waals surface area contributed by atoms with Gasteiger partial charge in [0.2, 0.25) is 0 Å². The summed E-state index contributed by atoms with van der Waals surface area (Å²) in [4.78, 5) is 0. The van der Waals surface area contributed by atoms with Gasteiger partial charge in [0.1, 0.15) is 0 Å². The Bertz CT molecular complexity index is 39.2. The lowest BCUT2D eigenvalue weighted by Crippen LogP contribution is -1.83. The molecule has 0 unspecified atom stereocenters. The molecular formula is C5H9O-. The average Bonchev–Trinajstić information content (AvgIpc) is 1.61. The fourth-order valence-electron chi connectivity index (χ4n) is 0.235. The average molecular weight is 85.1 g/mol. The van der Waals surface area contributed by atoms with Gasteiger partial charge in [0, 0.05) is 0 Å². The standard InChI is InChI=1S/C5H10O/c1-2-3-4-5-6/h4-6H,2-3H2,1H3/p-1. The third kappa shape index (κ3) is 3.54. The van der Waals surface area contributed by atoms with Crippen LogP contribution in [0.25, 0.3) is 0 Å². The predicted octanol–water partition coefficient (Wildman–Crippen LogP) is 0.660. The summed E-state index contributed by atoms with van der Waals surface area (Å²) in [5, 5.41) is 9.51. The Labute approximate surface area is 38.3 Å². The van der Waals surface area contributed by atoms with Crippen molar-refractivity contribution in [3.63, 3.8) is 0 Å². The molecule has 0 spiro atoms. The van der Waals surface area contributed by atoms with Crippen molar-refractivity contribution < 1.29 is 5.11 Å². The molecule has 0 saturated heterocycles. The molecule has 0 bridgehead atoms. The van der Waals surface area contributed by atoms with Crippen molar-refractivity contribution in [1.29, 1.82) is 0 Å². The summed E-state index contributed by atoms with van der Waals surface area (Å²) in [7, 11) is 0. The first-order valence-corrected chi connectivity index (χ1v) is 2.18. The number of unbranched alkanes of at least 4 members (excludes halogenated alkanes) is 1. The van der Waals surface area contributed by atoms with Gasteiger partial charge in [0.05, 0.1) is 0 Å². The van der Waals surface area contributed by atoms with Crippen molar-refractivity contribution in [2.75, 3.05) is 0 Å². The predicted molar refractivity (Wildman–Crippen MR) is 24.0 cm³/mol. The van der Waals surface area contributed by atoms with Crippen LogP contribution < -0.4 is 5.11 Å². The minimum absolute atomic E-state index is 0.837. The van der Waals surface area contributed by atoms with Crippen LogP contribution >= 0.6 is 0 Å². The molecule has 0 radical (unpaired) electrons. The zero-order valence-corrected chi connectivity index (χ0v) is 3.98. The quantitative estimate of drug-likeness (QED) is 0.452. The number of hydrogen-bond acceptors (Lipinski definition) is 1. The Morgan fingerprint density at radius 3 is 2.50 bits per heavy atom. The van der Waals surface area contributed by atoms with Gasteiger partial charge < -0.3 is 5.11 Å². The normalized spacial score (nSPS) is 10.2. The minimum atomic E-state index is 0.837. The van der Waals surface area contributed by atoms with Crippen molar-refractivity contribution in [2.45, 2.75) is 19.8 Å². The molecule has 1 heteroatoms. The highest BCUT2D eigenvalue weighted by molar-refractivity contribution is 4.67. The molecule has 0 aliphatic carbocycles. The molecule has 0 atom stereocenters. The lowest BCUT2D eigenvalue weighted by Gasteiger charge is -1.85. The van der Waals surface area contributed by atoms with E-state index in [9.17, 15) is 5.11 Å². The Hall–Kier alpha value is -0.460. The smallest absolute Gasteiger partial charge is 0.0362 e. The summed E-state index contributed by atoms with van der Waals surface area (Å²) in [6.45, 7) is 2.04. The Balaban J connectivity index is 2.66. The van der Waals surface area contributed by atoms with Crippen molar-refractivity contribution in [2.24, 2.45) is 0 Å². The van der Waals surface area contributed by atoms with Gasteiger partial charge in [-0.3, -0.25) is 0 Å². The summed E-state index contributed by atoms with van der Waals surface area (Å²) in [6, 6.07) is 0. The van der Waals surface area contributed by atoms with Crippen LogP contribution in [0, 0.1) is 0 Å². The van der Waals surface area contributed by atoms with Crippen molar-refractivity contribution in [1.82, 2.24) is 0 Å². The van der Waals surface area contributed by atoms with Crippen LogP contribution in [0.2, 0.25) is 0 Å². The van der Waals surface area contributed by atoms with Crippen molar-refractivity contribution in [3.8, 4) is 0 Å². The Morgan fingerprint density at radius 2 is 2.33 bits per heavy atom. The SMILES string of the molecule is CCCC=C[O-]. The van der Waals surface area contributed by atoms with Crippen molar-refractivity contribution in [3.05, 3.63) is 12.3 Å². The summed E-state index contributed by atoms with van der Waals surface area (Å²) in [5.74, 6) is 0. The molecular weight excluding hydrogens is 76.1 g/mol. The third-order valence-corrected chi connectivity index (χ3v) is 0.552. The summed E-state index contributed by atoms with van der Waals surface area (Å²) >= 11 is 0. The zero-order valence-electron chi connectivity index (χ0n) is 3.98. The molecule has 36 valence electrons. The van der Waals surface area contributed by atoms with Gasteiger partial charge in [-0.2, -0.15) is 6.26 Å². The molecule has 0 heterocycles. The van der Waals surface area contributed by atoms with Crippen LogP contribution in [0.1, 0.15) is 19.8 Å². The number of allylic oxidation sites excluding steroid dienone is 1. The molecule has 1 nitrogen and oxygen atoms in total.